The van der Waals surface area contributed by atoms with Gasteiger partial charge in [0.25, 0.3) is 0 Å². The van der Waals surface area contributed by atoms with Crippen LogP contribution in [0.4, 0.5) is 30.8 Å². The van der Waals surface area contributed by atoms with Crippen LogP contribution in [0.15, 0.2) is 42.5 Å². The molecule has 1 atom stereocenters. The molecule has 1 amide bonds. The van der Waals surface area contributed by atoms with Gasteiger partial charge in [-0.25, -0.2) is 13.2 Å². The quantitative estimate of drug-likeness (QED) is 0.437. The fourth-order valence-electron chi connectivity index (χ4n) is 2.91. The monoisotopic (exact) mass is 460 g/mol. The number of nitrogens with one attached hydrogen (secondary N) is 2. The maximum Gasteiger partial charge on any atom is 0.308 e. The van der Waals surface area contributed by atoms with Crippen molar-refractivity contribution >= 4 is 29.5 Å². The number of esters is 1. The highest BCUT2D eigenvalue weighted by Gasteiger charge is 2.24. The zero-order valence-electron chi connectivity index (χ0n) is 17.3. The standard InChI is InChI=1S/C21H19F3N6O3/c1-11(31)26-16(19-14(23)3-2-4-15(19)24)9-18(32)33-10-17-28-20(25)30-21(29-17)27-13-7-5-12(22)6-8-13/h2-8,16H,9-10H2,1H3,(H,26,31)(H3,25,27,28,29,30). The van der Waals surface area contributed by atoms with Crippen molar-refractivity contribution in [1.29, 1.82) is 0 Å². The van der Waals surface area contributed by atoms with Crippen LogP contribution in [-0.4, -0.2) is 26.8 Å². The highest BCUT2D eigenvalue weighted by Crippen LogP contribution is 2.24. The van der Waals surface area contributed by atoms with Gasteiger partial charge in [0.05, 0.1) is 12.5 Å². The van der Waals surface area contributed by atoms with Crippen molar-refractivity contribution in [2.75, 3.05) is 11.1 Å². The van der Waals surface area contributed by atoms with E-state index in [1.807, 2.05) is 0 Å². The van der Waals surface area contributed by atoms with E-state index in [1.54, 1.807) is 0 Å². The topological polar surface area (TPSA) is 132 Å². The van der Waals surface area contributed by atoms with Crippen molar-refractivity contribution in [2.45, 2.75) is 26.0 Å². The highest BCUT2D eigenvalue weighted by atomic mass is 19.1. The predicted molar refractivity (Wildman–Crippen MR) is 111 cm³/mol. The van der Waals surface area contributed by atoms with Crippen molar-refractivity contribution in [2.24, 2.45) is 0 Å². The summed E-state index contributed by atoms with van der Waals surface area (Å²) in [5.41, 5.74) is 5.68. The molecule has 0 fully saturated rings. The lowest BCUT2D eigenvalue weighted by molar-refractivity contribution is -0.146. The van der Waals surface area contributed by atoms with Gasteiger partial charge < -0.3 is 21.1 Å². The fraction of sp³-hybridized carbons (Fsp3) is 0.190. The molecular weight excluding hydrogens is 441 g/mol. The van der Waals surface area contributed by atoms with Gasteiger partial charge in [-0.05, 0) is 36.4 Å². The summed E-state index contributed by atoms with van der Waals surface area (Å²) in [5, 5.41) is 5.15. The largest absolute Gasteiger partial charge is 0.457 e. The van der Waals surface area contributed by atoms with Crippen LogP contribution in [0.3, 0.4) is 0 Å². The van der Waals surface area contributed by atoms with E-state index in [-0.39, 0.29) is 17.7 Å². The Labute approximate surface area is 186 Å². The lowest BCUT2D eigenvalue weighted by Gasteiger charge is -2.19. The number of amides is 1. The van der Waals surface area contributed by atoms with Crippen molar-refractivity contribution in [3.05, 3.63) is 71.3 Å². The minimum atomic E-state index is -1.28. The van der Waals surface area contributed by atoms with E-state index in [0.29, 0.717) is 5.69 Å². The van der Waals surface area contributed by atoms with Crippen LogP contribution in [0.1, 0.15) is 30.8 Å². The average molecular weight is 460 g/mol. The van der Waals surface area contributed by atoms with Crippen LogP contribution in [-0.2, 0) is 20.9 Å². The Morgan fingerprint density at radius 1 is 1.03 bits per heavy atom. The van der Waals surface area contributed by atoms with Crippen LogP contribution >= 0.6 is 0 Å². The summed E-state index contributed by atoms with van der Waals surface area (Å²) in [7, 11) is 0. The molecule has 0 spiro atoms. The Kier molecular flexibility index (Phi) is 7.38. The second-order valence-electron chi connectivity index (χ2n) is 6.82. The zero-order valence-corrected chi connectivity index (χ0v) is 17.3. The van der Waals surface area contributed by atoms with Crippen molar-refractivity contribution in [1.82, 2.24) is 20.3 Å². The predicted octanol–water partition coefficient (Wildman–Crippen LogP) is 2.93. The molecule has 1 aromatic heterocycles. The number of nitrogens with two attached hydrogens (primary N) is 1. The zero-order chi connectivity index (χ0) is 24.0. The van der Waals surface area contributed by atoms with Gasteiger partial charge in [-0.15, -0.1) is 0 Å². The molecule has 0 aliphatic heterocycles. The number of nitrogen functional groups attached to an aromatic ring is 1. The second kappa shape index (κ2) is 10.4. The van der Waals surface area contributed by atoms with Gasteiger partial charge in [0.15, 0.2) is 12.4 Å². The molecule has 9 nitrogen and oxygen atoms in total. The molecule has 3 rings (SSSR count). The minimum Gasteiger partial charge on any atom is -0.457 e. The molecule has 33 heavy (non-hydrogen) atoms. The third-order valence-corrected chi connectivity index (χ3v) is 4.26. The first-order valence-electron chi connectivity index (χ1n) is 9.61. The number of ether oxygens (including phenoxy) is 1. The Morgan fingerprint density at radius 2 is 1.70 bits per heavy atom. The van der Waals surface area contributed by atoms with Crippen LogP contribution < -0.4 is 16.4 Å². The van der Waals surface area contributed by atoms with Gasteiger partial charge in [0.1, 0.15) is 17.5 Å². The van der Waals surface area contributed by atoms with E-state index in [1.165, 1.54) is 30.3 Å². The van der Waals surface area contributed by atoms with E-state index < -0.39 is 54.0 Å². The van der Waals surface area contributed by atoms with Crippen LogP contribution in [0.5, 0.6) is 0 Å². The number of rotatable bonds is 8. The number of halogens is 3. The highest BCUT2D eigenvalue weighted by molar-refractivity contribution is 5.76. The molecule has 0 aliphatic carbocycles. The normalized spacial score (nSPS) is 11.5. The maximum absolute atomic E-state index is 14.1. The first-order valence-corrected chi connectivity index (χ1v) is 9.61. The number of benzene rings is 2. The molecule has 12 heteroatoms. The van der Waals surface area contributed by atoms with Gasteiger partial charge in [0.2, 0.25) is 17.8 Å². The lowest BCUT2D eigenvalue weighted by Crippen LogP contribution is -2.30. The summed E-state index contributed by atoms with van der Waals surface area (Å²) in [6.07, 6.45) is -0.543. The van der Waals surface area contributed by atoms with Gasteiger partial charge in [-0.1, -0.05) is 6.07 Å². The maximum atomic E-state index is 14.1. The number of aromatic nitrogens is 3. The van der Waals surface area contributed by atoms with Crippen LogP contribution in [0, 0.1) is 17.5 Å². The third kappa shape index (κ3) is 6.63. The molecule has 0 aliphatic rings. The molecule has 2 aromatic carbocycles. The Bertz CT molecular complexity index is 1140. The van der Waals surface area contributed by atoms with Gasteiger partial charge in [-0.3, -0.25) is 9.59 Å². The van der Waals surface area contributed by atoms with Crippen LogP contribution in [0.2, 0.25) is 0 Å². The third-order valence-electron chi connectivity index (χ3n) is 4.26. The first kappa shape index (κ1) is 23.4. The summed E-state index contributed by atoms with van der Waals surface area (Å²) in [6.45, 7) is 0.733. The van der Waals surface area contributed by atoms with E-state index in [4.69, 9.17) is 10.5 Å². The Morgan fingerprint density at radius 3 is 2.33 bits per heavy atom. The summed E-state index contributed by atoms with van der Waals surface area (Å²) in [5.74, 6) is -3.84. The summed E-state index contributed by atoms with van der Waals surface area (Å²) >= 11 is 0. The van der Waals surface area contributed by atoms with Crippen molar-refractivity contribution < 1.29 is 27.5 Å². The molecule has 0 saturated carbocycles. The molecule has 3 aromatic rings. The number of carbonyl (C=O) groups is 2. The molecule has 0 bridgehead atoms. The molecule has 4 N–H and O–H groups in total. The molecular formula is C21H19F3N6O3. The number of hydrogen-bond donors (Lipinski definition) is 3. The SMILES string of the molecule is CC(=O)NC(CC(=O)OCc1nc(N)nc(Nc2ccc(F)cc2)n1)c1c(F)cccc1F. The minimum absolute atomic E-state index is 0.00592. The second-order valence-corrected chi connectivity index (χ2v) is 6.82. The molecule has 1 unspecified atom stereocenters. The van der Waals surface area contributed by atoms with Gasteiger partial charge in [0, 0.05) is 18.2 Å². The Balaban J connectivity index is 1.68. The fourth-order valence-corrected chi connectivity index (χ4v) is 2.91. The smallest absolute Gasteiger partial charge is 0.308 e. The van der Waals surface area contributed by atoms with Crippen molar-refractivity contribution in [3.63, 3.8) is 0 Å². The first-order chi connectivity index (χ1) is 15.7. The average Bonchev–Trinajstić information content (AvgIpc) is 2.73. The lowest BCUT2D eigenvalue weighted by atomic mass is 10.0. The van der Waals surface area contributed by atoms with E-state index in [2.05, 4.69) is 25.6 Å². The number of nitrogens with zero attached hydrogens (tertiary/aromatic N) is 3. The van der Waals surface area contributed by atoms with E-state index in [9.17, 15) is 22.8 Å². The molecule has 0 saturated heterocycles. The summed E-state index contributed by atoms with van der Waals surface area (Å²) < 4.78 is 46.4. The number of hydrogen-bond acceptors (Lipinski definition) is 8. The van der Waals surface area contributed by atoms with Crippen molar-refractivity contribution in [3.8, 4) is 0 Å². The summed E-state index contributed by atoms with van der Waals surface area (Å²) in [6, 6.07) is 7.30. The molecule has 1 heterocycles. The van der Waals surface area contributed by atoms with Gasteiger partial charge in [-0.2, -0.15) is 15.0 Å². The van der Waals surface area contributed by atoms with E-state index >= 15 is 0 Å². The summed E-state index contributed by atoms with van der Waals surface area (Å²) in [4.78, 5) is 35.6. The molecule has 172 valence electrons. The van der Waals surface area contributed by atoms with E-state index in [0.717, 1.165) is 19.1 Å². The Hall–Kier alpha value is -4.22. The molecule has 0 radical (unpaired) electrons. The van der Waals surface area contributed by atoms with Crippen LogP contribution in [0.25, 0.3) is 0 Å². The number of anilines is 3. The van der Waals surface area contributed by atoms with Gasteiger partial charge >= 0.3 is 5.97 Å². The number of carbonyl (C=O) groups excluding carboxylic acids is 2.